The fourth-order valence-electron chi connectivity index (χ4n) is 4.21. The number of rotatable bonds is 6. The summed E-state index contributed by atoms with van der Waals surface area (Å²) in [4.78, 5) is 32.0. The van der Waals surface area contributed by atoms with Crippen molar-refractivity contribution in [2.75, 3.05) is 5.32 Å². The molecule has 0 saturated heterocycles. The van der Waals surface area contributed by atoms with Crippen LogP contribution in [0, 0.1) is 0 Å². The van der Waals surface area contributed by atoms with Gasteiger partial charge in [-0.05, 0) is 17.0 Å². The standard InChI is InChI=1S/C27H24F3N7O/c1-15(2)18-6-4-5-7-19(18)23-35-24(22-25(36-23)32-13-21(38)34-22)31-12-16-8-10-17(11-9-16)26-33-20(14-37(26)3)27(28,29)30/h4-11,13-15H,12H2,1-3H3,(H,34,38)(H,31,32,35,36). The Bertz CT molecular complexity index is 1670. The van der Waals surface area contributed by atoms with Crippen molar-refractivity contribution in [1.29, 1.82) is 0 Å². The minimum atomic E-state index is -4.51. The molecular formula is C27H24F3N7O. The number of benzene rings is 2. The van der Waals surface area contributed by atoms with Crippen LogP contribution in [0.1, 0.15) is 36.6 Å². The molecule has 0 saturated carbocycles. The van der Waals surface area contributed by atoms with Crippen molar-refractivity contribution in [2.45, 2.75) is 32.5 Å². The maximum atomic E-state index is 13.0. The Kier molecular flexibility index (Phi) is 6.43. The summed E-state index contributed by atoms with van der Waals surface area (Å²) in [6, 6.07) is 14.9. The van der Waals surface area contributed by atoms with E-state index in [4.69, 9.17) is 4.98 Å². The zero-order valence-corrected chi connectivity index (χ0v) is 20.8. The average Bonchev–Trinajstić information content (AvgIpc) is 3.29. The summed E-state index contributed by atoms with van der Waals surface area (Å²) >= 11 is 0. The first kappa shape index (κ1) is 25.1. The fourth-order valence-corrected chi connectivity index (χ4v) is 4.21. The van der Waals surface area contributed by atoms with Crippen molar-refractivity contribution in [3.8, 4) is 22.8 Å². The lowest BCUT2D eigenvalue weighted by molar-refractivity contribution is -0.140. The number of nitrogens with one attached hydrogen (secondary N) is 2. The number of aromatic amines is 1. The number of hydrogen-bond acceptors (Lipinski definition) is 6. The van der Waals surface area contributed by atoms with E-state index < -0.39 is 11.9 Å². The lowest BCUT2D eigenvalue weighted by Gasteiger charge is -2.14. The summed E-state index contributed by atoms with van der Waals surface area (Å²) in [6.45, 7) is 4.52. The van der Waals surface area contributed by atoms with Gasteiger partial charge in [0.1, 0.15) is 11.3 Å². The van der Waals surface area contributed by atoms with Gasteiger partial charge < -0.3 is 14.9 Å². The van der Waals surface area contributed by atoms with Gasteiger partial charge in [0.25, 0.3) is 5.56 Å². The highest BCUT2D eigenvalue weighted by Gasteiger charge is 2.34. The first-order valence-corrected chi connectivity index (χ1v) is 11.9. The van der Waals surface area contributed by atoms with Crippen LogP contribution in [0.15, 0.2) is 65.7 Å². The molecule has 0 aliphatic heterocycles. The van der Waals surface area contributed by atoms with Gasteiger partial charge in [-0.3, -0.25) is 4.79 Å². The van der Waals surface area contributed by atoms with Gasteiger partial charge in [-0.15, -0.1) is 0 Å². The molecule has 0 radical (unpaired) electrons. The molecule has 2 N–H and O–H groups in total. The molecule has 3 aromatic heterocycles. The van der Waals surface area contributed by atoms with Crippen LogP contribution >= 0.6 is 0 Å². The summed E-state index contributed by atoms with van der Waals surface area (Å²) < 4.78 is 40.5. The largest absolute Gasteiger partial charge is 0.434 e. The van der Waals surface area contributed by atoms with E-state index in [9.17, 15) is 18.0 Å². The predicted octanol–water partition coefficient (Wildman–Crippen LogP) is 5.53. The van der Waals surface area contributed by atoms with Crippen LogP contribution in [-0.4, -0.2) is 29.5 Å². The van der Waals surface area contributed by atoms with E-state index in [-0.39, 0.29) is 17.3 Å². The van der Waals surface area contributed by atoms with E-state index in [1.54, 1.807) is 24.3 Å². The molecule has 3 heterocycles. The zero-order valence-electron chi connectivity index (χ0n) is 20.8. The number of alkyl halides is 3. The van der Waals surface area contributed by atoms with Crippen LogP contribution in [0.4, 0.5) is 19.0 Å². The summed E-state index contributed by atoms with van der Waals surface area (Å²) in [7, 11) is 1.52. The molecule has 0 unspecified atom stereocenters. The number of H-pyrrole nitrogens is 1. The molecule has 2 aromatic carbocycles. The van der Waals surface area contributed by atoms with Crippen LogP contribution in [-0.2, 0) is 19.8 Å². The van der Waals surface area contributed by atoms with Crippen LogP contribution in [0.2, 0.25) is 0 Å². The van der Waals surface area contributed by atoms with Crippen LogP contribution in [0.25, 0.3) is 33.9 Å². The SMILES string of the molecule is CC(C)c1ccccc1-c1nc(NCc2ccc(-c3nc(C(F)(F)F)cn3C)cc2)c2[nH]c(=O)cnc2n1. The van der Waals surface area contributed by atoms with E-state index in [2.05, 4.69) is 39.1 Å². The monoisotopic (exact) mass is 519 g/mol. The van der Waals surface area contributed by atoms with Crippen molar-refractivity contribution >= 4 is 17.0 Å². The molecule has 0 spiro atoms. The van der Waals surface area contributed by atoms with Gasteiger partial charge in [0.05, 0.1) is 6.20 Å². The van der Waals surface area contributed by atoms with Gasteiger partial charge in [-0.2, -0.15) is 13.2 Å². The van der Waals surface area contributed by atoms with Gasteiger partial charge in [0.2, 0.25) is 0 Å². The molecule has 5 aromatic rings. The molecule has 0 aliphatic rings. The number of imidazole rings is 1. The van der Waals surface area contributed by atoms with Crippen molar-refractivity contribution in [2.24, 2.45) is 7.05 Å². The average molecular weight is 520 g/mol. The normalized spacial score (nSPS) is 11.9. The molecule has 194 valence electrons. The van der Waals surface area contributed by atoms with Crippen molar-refractivity contribution in [3.05, 3.63) is 88.1 Å². The van der Waals surface area contributed by atoms with Crippen molar-refractivity contribution in [3.63, 3.8) is 0 Å². The van der Waals surface area contributed by atoms with Gasteiger partial charge >= 0.3 is 6.18 Å². The number of anilines is 1. The second-order valence-electron chi connectivity index (χ2n) is 9.19. The first-order chi connectivity index (χ1) is 18.1. The fraction of sp³-hybridized carbons (Fsp3) is 0.222. The molecule has 5 rings (SSSR count). The minimum Gasteiger partial charge on any atom is -0.364 e. The lowest BCUT2D eigenvalue weighted by Crippen LogP contribution is -2.11. The van der Waals surface area contributed by atoms with Crippen LogP contribution < -0.4 is 10.9 Å². The molecule has 0 bridgehead atoms. The van der Waals surface area contributed by atoms with E-state index in [0.717, 1.165) is 22.9 Å². The highest BCUT2D eigenvalue weighted by atomic mass is 19.4. The minimum absolute atomic E-state index is 0.218. The second-order valence-corrected chi connectivity index (χ2v) is 9.19. The Labute approximate surface area is 215 Å². The molecule has 11 heteroatoms. The zero-order chi connectivity index (χ0) is 27.0. The summed E-state index contributed by atoms with van der Waals surface area (Å²) in [5.41, 5.74) is 2.78. The number of halogens is 3. The maximum Gasteiger partial charge on any atom is 0.434 e. The summed E-state index contributed by atoms with van der Waals surface area (Å²) in [5.74, 6) is 1.36. The van der Waals surface area contributed by atoms with Crippen LogP contribution in [0.5, 0.6) is 0 Å². The van der Waals surface area contributed by atoms with Crippen LogP contribution in [0.3, 0.4) is 0 Å². The van der Waals surface area contributed by atoms with E-state index in [1.165, 1.54) is 17.8 Å². The number of nitrogens with zero attached hydrogens (tertiary/aromatic N) is 5. The number of hydrogen-bond donors (Lipinski definition) is 2. The van der Waals surface area contributed by atoms with Crippen molar-refractivity contribution in [1.82, 2.24) is 29.5 Å². The second kappa shape index (κ2) is 9.73. The highest BCUT2D eigenvalue weighted by Crippen LogP contribution is 2.31. The van der Waals surface area contributed by atoms with E-state index >= 15 is 0 Å². The Balaban J connectivity index is 1.45. The quantitative estimate of drug-likeness (QED) is 0.306. The first-order valence-electron chi connectivity index (χ1n) is 11.9. The highest BCUT2D eigenvalue weighted by molar-refractivity contribution is 5.84. The van der Waals surface area contributed by atoms with Gasteiger partial charge in [-0.25, -0.2) is 19.9 Å². The van der Waals surface area contributed by atoms with Gasteiger partial charge in [0.15, 0.2) is 23.0 Å². The Morgan fingerprint density at radius 2 is 1.76 bits per heavy atom. The molecule has 0 atom stereocenters. The van der Waals surface area contributed by atoms with Gasteiger partial charge in [0, 0.05) is 30.9 Å². The molecule has 8 nitrogen and oxygen atoms in total. The number of fused-ring (bicyclic) bond motifs is 1. The molecule has 0 aliphatic carbocycles. The van der Waals surface area contributed by atoms with Crippen molar-refractivity contribution < 1.29 is 13.2 Å². The maximum absolute atomic E-state index is 13.0. The topological polar surface area (TPSA) is 101 Å². The predicted molar refractivity (Wildman–Crippen MR) is 138 cm³/mol. The molecular weight excluding hydrogens is 495 g/mol. The molecule has 0 fully saturated rings. The van der Waals surface area contributed by atoms with E-state index in [1.807, 2.05) is 24.3 Å². The molecule has 38 heavy (non-hydrogen) atoms. The van der Waals surface area contributed by atoms with E-state index in [0.29, 0.717) is 34.9 Å². The smallest absolute Gasteiger partial charge is 0.364 e. The number of aryl methyl sites for hydroxylation is 1. The Morgan fingerprint density at radius 3 is 2.45 bits per heavy atom. The Hall–Kier alpha value is -4.54. The summed E-state index contributed by atoms with van der Waals surface area (Å²) in [6.07, 6.45) is -2.36. The van der Waals surface area contributed by atoms with Gasteiger partial charge in [-0.1, -0.05) is 62.4 Å². The summed E-state index contributed by atoms with van der Waals surface area (Å²) in [5, 5.41) is 3.25. The third-order valence-corrected chi connectivity index (χ3v) is 6.10. The lowest BCUT2D eigenvalue weighted by atomic mass is 9.97. The third-order valence-electron chi connectivity index (χ3n) is 6.10. The third kappa shape index (κ3) is 4.99. The number of aromatic nitrogens is 6. The molecule has 0 amide bonds. The Morgan fingerprint density at radius 1 is 1.03 bits per heavy atom.